The van der Waals surface area contributed by atoms with E-state index in [-0.39, 0.29) is 5.92 Å². The molecule has 0 bridgehead atoms. The maximum absolute atomic E-state index is 11.5. The molecule has 1 unspecified atom stereocenters. The number of rotatable bonds is 4. The van der Waals surface area contributed by atoms with Crippen LogP contribution in [0.1, 0.15) is 32.4 Å². The molecule has 3 N–H and O–H groups in total. The molecule has 0 aromatic carbocycles. The highest BCUT2D eigenvalue weighted by atomic mass is 35.5. The highest BCUT2D eigenvalue weighted by Crippen LogP contribution is 2.14. The zero-order chi connectivity index (χ0) is 14.5. The van der Waals surface area contributed by atoms with Crippen molar-refractivity contribution in [2.75, 3.05) is 13.1 Å². The van der Waals surface area contributed by atoms with Gasteiger partial charge in [0.15, 0.2) is 0 Å². The molecule has 6 heteroatoms. The van der Waals surface area contributed by atoms with Crippen LogP contribution in [0.25, 0.3) is 0 Å². The van der Waals surface area contributed by atoms with Crippen molar-refractivity contribution < 1.29 is 9.53 Å². The summed E-state index contributed by atoms with van der Waals surface area (Å²) in [6.45, 7) is 6.19. The van der Waals surface area contributed by atoms with E-state index in [4.69, 9.17) is 22.1 Å². The van der Waals surface area contributed by atoms with Crippen LogP contribution < -0.4 is 11.1 Å². The van der Waals surface area contributed by atoms with E-state index in [0.29, 0.717) is 18.1 Å². The Balaban J connectivity index is 2.54. The first-order valence-corrected chi connectivity index (χ1v) is 6.48. The van der Waals surface area contributed by atoms with Crippen LogP contribution >= 0.6 is 11.6 Å². The molecule has 0 saturated heterocycles. The Morgan fingerprint density at radius 3 is 2.68 bits per heavy atom. The first-order valence-electron chi connectivity index (χ1n) is 6.10. The van der Waals surface area contributed by atoms with Gasteiger partial charge in [-0.05, 0) is 32.9 Å². The zero-order valence-corrected chi connectivity index (χ0v) is 12.2. The minimum Gasteiger partial charge on any atom is -0.444 e. The Bertz CT molecular complexity index is 415. The van der Waals surface area contributed by atoms with E-state index in [9.17, 15) is 4.79 Å². The molecule has 106 valence electrons. The molecule has 1 amide bonds. The summed E-state index contributed by atoms with van der Waals surface area (Å²) in [4.78, 5) is 15.7. The van der Waals surface area contributed by atoms with Crippen LogP contribution in [0, 0.1) is 0 Å². The lowest BCUT2D eigenvalue weighted by molar-refractivity contribution is 0.0524. The molecule has 0 radical (unpaired) electrons. The summed E-state index contributed by atoms with van der Waals surface area (Å²) < 4.78 is 5.16. The summed E-state index contributed by atoms with van der Waals surface area (Å²) >= 11 is 5.78. The van der Waals surface area contributed by atoms with Gasteiger partial charge in [0.25, 0.3) is 0 Å². The third-order valence-corrected chi connectivity index (χ3v) is 2.57. The third kappa shape index (κ3) is 5.89. The zero-order valence-electron chi connectivity index (χ0n) is 11.4. The van der Waals surface area contributed by atoms with Crippen molar-refractivity contribution in [3.63, 3.8) is 0 Å². The molecule has 1 heterocycles. The second kappa shape index (κ2) is 6.73. The number of nitrogens with one attached hydrogen (secondary N) is 1. The van der Waals surface area contributed by atoms with E-state index in [1.165, 1.54) is 0 Å². The quantitative estimate of drug-likeness (QED) is 0.890. The van der Waals surface area contributed by atoms with Gasteiger partial charge in [-0.25, -0.2) is 4.79 Å². The number of ether oxygens (including phenoxy) is 1. The number of nitrogens with two attached hydrogens (primary N) is 1. The summed E-state index contributed by atoms with van der Waals surface area (Å²) in [6.07, 6.45) is 1.10. The number of carbonyl (C=O) groups is 1. The van der Waals surface area contributed by atoms with Gasteiger partial charge in [-0.15, -0.1) is 0 Å². The maximum Gasteiger partial charge on any atom is 0.407 e. The van der Waals surface area contributed by atoms with Gasteiger partial charge >= 0.3 is 6.09 Å². The SMILES string of the molecule is CC(C)(C)OC(=O)NCC(CN)c1ccc(Cl)cn1. The van der Waals surface area contributed by atoms with Gasteiger partial charge in [-0.2, -0.15) is 0 Å². The average molecular weight is 286 g/mol. The van der Waals surface area contributed by atoms with Gasteiger partial charge < -0.3 is 15.8 Å². The van der Waals surface area contributed by atoms with Crippen LogP contribution in [0.3, 0.4) is 0 Å². The minimum absolute atomic E-state index is 0.0650. The first kappa shape index (κ1) is 15.7. The molecule has 19 heavy (non-hydrogen) atoms. The fourth-order valence-electron chi connectivity index (χ4n) is 1.46. The lowest BCUT2D eigenvalue weighted by Gasteiger charge is -2.21. The Morgan fingerprint density at radius 2 is 2.21 bits per heavy atom. The summed E-state index contributed by atoms with van der Waals surface area (Å²) in [5, 5.41) is 3.26. The predicted octanol–water partition coefficient (Wildman–Crippen LogP) is 2.30. The fraction of sp³-hybridized carbons (Fsp3) is 0.538. The number of halogens is 1. The molecule has 5 nitrogen and oxygen atoms in total. The highest BCUT2D eigenvalue weighted by molar-refractivity contribution is 6.30. The van der Waals surface area contributed by atoms with Crippen LogP contribution in [-0.2, 0) is 4.74 Å². The van der Waals surface area contributed by atoms with Crippen molar-refractivity contribution in [2.45, 2.75) is 32.3 Å². The van der Waals surface area contributed by atoms with Crippen molar-refractivity contribution >= 4 is 17.7 Å². The van der Waals surface area contributed by atoms with Gasteiger partial charge in [0.1, 0.15) is 5.60 Å². The largest absolute Gasteiger partial charge is 0.444 e. The summed E-state index contributed by atoms with van der Waals surface area (Å²) in [6, 6.07) is 3.55. The molecule has 1 rings (SSSR count). The minimum atomic E-state index is -0.513. The maximum atomic E-state index is 11.5. The fourth-order valence-corrected chi connectivity index (χ4v) is 1.57. The normalized spacial score (nSPS) is 12.9. The van der Waals surface area contributed by atoms with Crippen LogP contribution in [0.15, 0.2) is 18.3 Å². The molecule has 0 aliphatic rings. The predicted molar refractivity (Wildman–Crippen MR) is 75.3 cm³/mol. The van der Waals surface area contributed by atoms with E-state index in [1.807, 2.05) is 20.8 Å². The first-order chi connectivity index (χ1) is 8.81. The van der Waals surface area contributed by atoms with E-state index < -0.39 is 11.7 Å². The average Bonchev–Trinajstić information content (AvgIpc) is 2.29. The Labute approximate surface area is 118 Å². The monoisotopic (exact) mass is 285 g/mol. The van der Waals surface area contributed by atoms with Gasteiger partial charge in [0, 0.05) is 30.9 Å². The lowest BCUT2D eigenvalue weighted by atomic mass is 10.1. The van der Waals surface area contributed by atoms with E-state index in [0.717, 1.165) is 5.69 Å². The van der Waals surface area contributed by atoms with Gasteiger partial charge in [0.05, 0.1) is 5.02 Å². The number of carbonyl (C=O) groups excluding carboxylic acids is 1. The van der Waals surface area contributed by atoms with E-state index in [1.54, 1.807) is 18.3 Å². The van der Waals surface area contributed by atoms with E-state index in [2.05, 4.69) is 10.3 Å². The van der Waals surface area contributed by atoms with Gasteiger partial charge in [0.2, 0.25) is 0 Å². The number of pyridine rings is 1. The van der Waals surface area contributed by atoms with Crippen LogP contribution in [0.5, 0.6) is 0 Å². The topological polar surface area (TPSA) is 77.2 Å². The number of amides is 1. The molecule has 1 atom stereocenters. The molecule has 0 saturated carbocycles. The van der Waals surface area contributed by atoms with Crippen molar-refractivity contribution in [3.8, 4) is 0 Å². The molecule has 1 aromatic heterocycles. The summed E-state index contributed by atoms with van der Waals surface area (Å²) in [5.41, 5.74) is 5.97. The number of hydrogen-bond acceptors (Lipinski definition) is 4. The second-order valence-electron chi connectivity index (χ2n) is 5.22. The molecule has 0 aliphatic heterocycles. The Morgan fingerprint density at radius 1 is 1.53 bits per heavy atom. The van der Waals surface area contributed by atoms with Crippen molar-refractivity contribution in [3.05, 3.63) is 29.0 Å². The number of nitrogens with zero attached hydrogens (tertiary/aromatic N) is 1. The van der Waals surface area contributed by atoms with Crippen LogP contribution in [-0.4, -0.2) is 29.8 Å². The second-order valence-corrected chi connectivity index (χ2v) is 5.65. The molecule has 0 fully saturated rings. The van der Waals surface area contributed by atoms with Gasteiger partial charge in [-0.1, -0.05) is 11.6 Å². The highest BCUT2D eigenvalue weighted by Gasteiger charge is 2.18. The number of aromatic nitrogens is 1. The lowest BCUT2D eigenvalue weighted by Crippen LogP contribution is -2.36. The standard InChI is InChI=1S/C13H20ClN3O2/c1-13(2,3)19-12(18)17-7-9(6-15)11-5-4-10(14)8-16-11/h4-5,8-9H,6-7,15H2,1-3H3,(H,17,18). The summed E-state index contributed by atoms with van der Waals surface area (Å²) in [7, 11) is 0. The molecular weight excluding hydrogens is 266 g/mol. The smallest absolute Gasteiger partial charge is 0.407 e. The van der Waals surface area contributed by atoms with Crippen LogP contribution in [0.4, 0.5) is 4.79 Å². The van der Waals surface area contributed by atoms with E-state index >= 15 is 0 Å². The summed E-state index contributed by atoms with van der Waals surface area (Å²) in [5.74, 6) is -0.0650. The molecular formula is C13H20ClN3O2. The molecule has 1 aromatic rings. The number of alkyl carbamates (subject to hydrolysis) is 1. The van der Waals surface area contributed by atoms with Crippen LogP contribution in [0.2, 0.25) is 5.02 Å². The number of hydrogen-bond donors (Lipinski definition) is 2. The van der Waals surface area contributed by atoms with Gasteiger partial charge in [-0.3, -0.25) is 4.98 Å². The molecule has 0 spiro atoms. The Kier molecular flexibility index (Phi) is 5.57. The third-order valence-electron chi connectivity index (χ3n) is 2.34. The Hall–Kier alpha value is -1.33. The van der Waals surface area contributed by atoms with Crippen molar-refractivity contribution in [2.24, 2.45) is 5.73 Å². The van der Waals surface area contributed by atoms with Crippen molar-refractivity contribution in [1.29, 1.82) is 0 Å². The molecule has 0 aliphatic carbocycles. The van der Waals surface area contributed by atoms with Crippen molar-refractivity contribution in [1.82, 2.24) is 10.3 Å².